The number of hydrogen-bond acceptors (Lipinski definition) is 3. The van der Waals surface area contributed by atoms with Crippen molar-refractivity contribution in [2.75, 3.05) is 31.5 Å². The Morgan fingerprint density at radius 2 is 1.69 bits per heavy atom. The summed E-state index contributed by atoms with van der Waals surface area (Å²) in [7, 11) is 0. The van der Waals surface area contributed by atoms with E-state index < -0.39 is 23.7 Å². The quantitative estimate of drug-likeness (QED) is 0.766. The van der Waals surface area contributed by atoms with Crippen LogP contribution < -0.4 is 5.32 Å². The number of hydrogen-bond donors (Lipinski definition) is 1. The van der Waals surface area contributed by atoms with Gasteiger partial charge in [0.15, 0.2) is 0 Å². The van der Waals surface area contributed by atoms with Crippen molar-refractivity contribution in [2.45, 2.75) is 25.7 Å². The Labute approximate surface area is 173 Å². The fourth-order valence-electron chi connectivity index (χ4n) is 3.40. The molecule has 2 aromatic carbocycles. The van der Waals surface area contributed by atoms with Crippen molar-refractivity contribution in [3.8, 4) is 0 Å². The Kier molecular flexibility index (Phi) is 6.82. The van der Waals surface area contributed by atoms with E-state index in [1.807, 2.05) is 29.2 Å². The number of anilines is 1. The standard InChI is InChI=1S/C21H23ClF3N3O/c1-15(20(29)26-19-5-3-2-4-18(19)21(23,24)25)28-12-10-27(11-13-28)14-16-6-8-17(22)9-7-16/h2-9,15H,10-14H2,1H3,(H,26,29). The van der Waals surface area contributed by atoms with Gasteiger partial charge in [0.2, 0.25) is 5.91 Å². The highest BCUT2D eigenvalue weighted by molar-refractivity contribution is 6.30. The van der Waals surface area contributed by atoms with E-state index in [2.05, 4.69) is 10.2 Å². The van der Waals surface area contributed by atoms with Crippen LogP contribution in [0, 0.1) is 0 Å². The maximum absolute atomic E-state index is 13.1. The fourth-order valence-corrected chi connectivity index (χ4v) is 3.53. The first-order chi connectivity index (χ1) is 13.7. The monoisotopic (exact) mass is 425 g/mol. The normalized spacial score (nSPS) is 17.1. The zero-order chi connectivity index (χ0) is 21.0. The number of amides is 1. The minimum absolute atomic E-state index is 0.210. The van der Waals surface area contributed by atoms with Gasteiger partial charge in [-0.2, -0.15) is 13.2 Å². The van der Waals surface area contributed by atoms with Crippen molar-refractivity contribution in [3.05, 3.63) is 64.7 Å². The number of carbonyl (C=O) groups is 1. The van der Waals surface area contributed by atoms with E-state index in [1.165, 1.54) is 18.2 Å². The Bertz CT molecular complexity index is 834. The van der Waals surface area contributed by atoms with Crippen LogP contribution >= 0.6 is 11.6 Å². The first-order valence-corrected chi connectivity index (χ1v) is 9.80. The zero-order valence-corrected chi connectivity index (χ0v) is 16.8. The van der Waals surface area contributed by atoms with Gasteiger partial charge in [-0.3, -0.25) is 14.6 Å². The van der Waals surface area contributed by atoms with Crippen LogP contribution in [0.3, 0.4) is 0 Å². The molecule has 0 saturated carbocycles. The van der Waals surface area contributed by atoms with E-state index in [4.69, 9.17) is 11.6 Å². The number of nitrogens with zero attached hydrogens (tertiary/aromatic N) is 2. The lowest BCUT2D eigenvalue weighted by molar-refractivity contribution is -0.137. The lowest BCUT2D eigenvalue weighted by Crippen LogP contribution is -2.52. The third-order valence-corrected chi connectivity index (χ3v) is 5.40. The van der Waals surface area contributed by atoms with Crippen LogP contribution in [0.1, 0.15) is 18.1 Å². The van der Waals surface area contributed by atoms with Gasteiger partial charge >= 0.3 is 6.18 Å². The van der Waals surface area contributed by atoms with Gasteiger partial charge in [-0.05, 0) is 36.8 Å². The van der Waals surface area contributed by atoms with E-state index in [9.17, 15) is 18.0 Å². The molecule has 1 unspecified atom stereocenters. The molecule has 1 aliphatic rings. The molecule has 2 aromatic rings. The highest BCUT2D eigenvalue weighted by atomic mass is 35.5. The first kappa shape index (κ1) is 21.6. The number of piperazine rings is 1. The molecule has 1 N–H and O–H groups in total. The van der Waals surface area contributed by atoms with E-state index in [0.29, 0.717) is 18.1 Å². The molecule has 29 heavy (non-hydrogen) atoms. The average molecular weight is 426 g/mol. The Morgan fingerprint density at radius 1 is 1.07 bits per heavy atom. The molecule has 0 bridgehead atoms. The predicted octanol–water partition coefficient (Wildman–Crippen LogP) is 4.50. The molecule has 8 heteroatoms. The summed E-state index contributed by atoms with van der Waals surface area (Å²) in [6.07, 6.45) is -4.51. The van der Waals surface area contributed by atoms with Gasteiger partial charge < -0.3 is 5.32 Å². The first-order valence-electron chi connectivity index (χ1n) is 9.42. The molecule has 3 rings (SSSR count). The molecule has 1 amide bonds. The number of nitrogens with one attached hydrogen (secondary N) is 1. The second-order valence-electron chi connectivity index (χ2n) is 7.15. The third kappa shape index (κ3) is 5.72. The van der Waals surface area contributed by atoms with Gasteiger partial charge in [0, 0.05) is 37.7 Å². The minimum Gasteiger partial charge on any atom is -0.324 e. The summed E-state index contributed by atoms with van der Waals surface area (Å²) in [6.45, 7) is 5.41. The number of carbonyl (C=O) groups excluding carboxylic acids is 1. The molecule has 1 atom stereocenters. The van der Waals surface area contributed by atoms with Crippen LogP contribution in [0.4, 0.5) is 18.9 Å². The molecule has 4 nitrogen and oxygen atoms in total. The molecule has 156 valence electrons. The van der Waals surface area contributed by atoms with Crippen molar-refractivity contribution >= 4 is 23.2 Å². The van der Waals surface area contributed by atoms with Crippen molar-refractivity contribution < 1.29 is 18.0 Å². The van der Waals surface area contributed by atoms with E-state index in [0.717, 1.165) is 31.3 Å². The molecular formula is C21H23ClF3N3O. The predicted molar refractivity (Wildman–Crippen MR) is 108 cm³/mol. The van der Waals surface area contributed by atoms with Crippen molar-refractivity contribution in [2.24, 2.45) is 0 Å². The molecule has 0 aliphatic carbocycles. The fraction of sp³-hybridized carbons (Fsp3) is 0.381. The van der Waals surface area contributed by atoms with Crippen molar-refractivity contribution in [1.82, 2.24) is 9.80 Å². The van der Waals surface area contributed by atoms with E-state index in [-0.39, 0.29) is 5.69 Å². The summed E-state index contributed by atoms with van der Waals surface area (Å²) in [5.74, 6) is -0.437. The number of para-hydroxylation sites is 1. The molecule has 0 radical (unpaired) electrons. The molecule has 1 saturated heterocycles. The summed E-state index contributed by atoms with van der Waals surface area (Å²) in [6, 6.07) is 12.2. The molecule has 1 heterocycles. The van der Waals surface area contributed by atoms with Crippen LogP contribution in [0.15, 0.2) is 48.5 Å². The highest BCUT2D eigenvalue weighted by Gasteiger charge is 2.34. The van der Waals surface area contributed by atoms with Gasteiger partial charge in [0.05, 0.1) is 17.3 Å². The summed E-state index contributed by atoms with van der Waals surface area (Å²) >= 11 is 5.91. The summed E-state index contributed by atoms with van der Waals surface area (Å²) < 4.78 is 39.4. The van der Waals surface area contributed by atoms with Gasteiger partial charge in [-0.25, -0.2) is 0 Å². The van der Waals surface area contributed by atoms with Gasteiger partial charge in [-0.15, -0.1) is 0 Å². The second-order valence-corrected chi connectivity index (χ2v) is 7.58. The van der Waals surface area contributed by atoms with Gasteiger partial charge in [0.1, 0.15) is 0 Å². The second kappa shape index (κ2) is 9.15. The lowest BCUT2D eigenvalue weighted by Gasteiger charge is -2.37. The van der Waals surface area contributed by atoms with E-state index >= 15 is 0 Å². The van der Waals surface area contributed by atoms with Crippen LogP contribution in [0.5, 0.6) is 0 Å². The molecule has 1 aliphatic heterocycles. The van der Waals surface area contributed by atoms with Gasteiger partial charge in [-0.1, -0.05) is 35.9 Å². The topological polar surface area (TPSA) is 35.6 Å². The summed E-state index contributed by atoms with van der Waals surface area (Å²) in [4.78, 5) is 16.8. The van der Waals surface area contributed by atoms with E-state index in [1.54, 1.807) is 6.92 Å². The number of alkyl halides is 3. The summed E-state index contributed by atoms with van der Waals surface area (Å²) in [5, 5.41) is 3.14. The summed E-state index contributed by atoms with van der Waals surface area (Å²) in [5.41, 5.74) is 0.115. The smallest absolute Gasteiger partial charge is 0.324 e. The number of rotatable bonds is 5. The van der Waals surface area contributed by atoms with Crippen molar-refractivity contribution in [1.29, 1.82) is 0 Å². The Balaban J connectivity index is 1.55. The lowest BCUT2D eigenvalue weighted by atomic mass is 10.1. The largest absolute Gasteiger partial charge is 0.418 e. The Hall–Kier alpha value is -2.09. The van der Waals surface area contributed by atoms with Gasteiger partial charge in [0.25, 0.3) is 0 Å². The molecule has 0 aromatic heterocycles. The third-order valence-electron chi connectivity index (χ3n) is 5.14. The van der Waals surface area contributed by atoms with Crippen LogP contribution in [0.2, 0.25) is 5.02 Å². The zero-order valence-electron chi connectivity index (χ0n) is 16.0. The SMILES string of the molecule is CC(C(=O)Nc1ccccc1C(F)(F)F)N1CCN(Cc2ccc(Cl)cc2)CC1. The minimum atomic E-state index is -4.51. The maximum atomic E-state index is 13.1. The highest BCUT2D eigenvalue weighted by Crippen LogP contribution is 2.34. The molecule has 0 spiro atoms. The molecule has 1 fully saturated rings. The average Bonchev–Trinajstić information content (AvgIpc) is 2.69. The number of benzene rings is 2. The Morgan fingerprint density at radius 3 is 2.31 bits per heavy atom. The van der Waals surface area contributed by atoms with Crippen LogP contribution in [-0.2, 0) is 17.5 Å². The van der Waals surface area contributed by atoms with Crippen LogP contribution in [-0.4, -0.2) is 47.9 Å². The molecular weight excluding hydrogens is 403 g/mol. The van der Waals surface area contributed by atoms with Crippen LogP contribution in [0.25, 0.3) is 0 Å². The maximum Gasteiger partial charge on any atom is 0.418 e. The number of halogens is 4. The van der Waals surface area contributed by atoms with Crippen molar-refractivity contribution in [3.63, 3.8) is 0 Å².